The van der Waals surface area contributed by atoms with Crippen molar-refractivity contribution >= 4 is 42.9 Å². The van der Waals surface area contributed by atoms with E-state index in [0.717, 1.165) is 21.9 Å². The molecule has 23 heavy (non-hydrogen) atoms. The summed E-state index contributed by atoms with van der Waals surface area (Å²) in [5.74, 6) is 0.343. The summed E-state index contributed by atoms with van der Waals surface area (Å²) in [4.78, 5) is 4.63. The lowest BCUT2D eigenvalue weighted by molar-refractivity contribution is 0.599. The number of fused-ring (bicyclic) bond motifs is 1. The highest BCUT2D eigenvalue weighted by Gasteiger charge is 2.18. The Balaban J connectivity index is 2.03. The molecule has 0 spiro atoms. The predicted molar refractivity (Wildman–Crippen MR) is 95.0 cm³/mol. The number of aromatic nitrogens is 2. The van der Waals surface area contributed by atoms with Gasteiger partial charge < -0.3 is 4.57 Å². The van der Waals surface area contributed by atoms with E-state index in [1.807, 2.05) is 35.8 Å². The number of para-hydroxylation sites is 2. The third-order valence-electron chi connectivity index (χ3n) is 3.45. The van der Waals surface area contributed by atoms with Gasteiger partial charge in [0, 0.05) is 11.0 Å². The fraction of sp³-hybridized carbons (Fsp3) is 0.188. The maximum Gasteiger partial charge on any atom is 0.264 e. The van der Waals surface area contributed by atoms with Crippen LogP contribution in [-0.2, 0) is 16.6 Å². The second-order valence-corrected chi connectivity index (χ2v) is 7.73. The number of aryl methyl sites for hydroxylation is 1. The number of hydrogen-bond acceptors (Lipinski definition) is 3. The molecule has 0 atom stereocenters. The first-order valence-corrected chi connectivity index (χ1v) is 9.52. The van der Waals surface area contributed by atoms with Gasteiger partial charge in [-0.1, -0.05) is 35.0 Å². The van der Waals surface area contributed by atoms with E-state index in [-0.39, 0.29) is 4.90 Å². The quantitative estimate of drug-likeness (QED) is 0.711. The van der Waals surface area contributed by atoms with E-state index in [9.17, 15) is 8.42 Å². The normalized spacial score (nSPS) is 11.7. The number of nitrogens with zero attached hydrogens (tertiary/aromatic N) is 2. The molecule has 0 saturated carbocycles. The van der Waals surface area contributed by atoms with Gasteiger partial charge >= 0.3 is 0 Å². The maximum absolute atomic E-state index is 12.6. The molecule has 2 aromatic carbocycles. The monoisotopic (exact) mass is 393 g/mol. The Bertz CT molecular complexity index is 934. The van der Waals surface area contributed by atoms with Crippen LogP contribution in [0.3, 0.4) is 0 Å². The molecule has 5 nitrogen and oxygen atoms in total. The van der Waals surface area contributed by atoms with Crippen LogP contribution in [0.25, 0.3) is 11.0 Å². The lowest BCUT2D eigenvalue weighted by atomic mass is 10.3. The first-order valence-electron chi connectivity index (χ1n) is 7.25. The summed E-state index contributed by atoms with van der Waals surface area (Å²) in [6.07, 6.45) is 0.882. The lowest BCUT2D eigenvalue weighted by Gasteiger charge is -2.10. The first kappa shape index (κ1) is 16.0. The number of hydrogen-bond donors (Lipinski definition) is 1. The summed E-state index contributed by atoms with van der Waals surface area (Å²) in [7, 11) is -3.67. The van der Waals surface area contributed by atoms with Crippen molar-refractivity contribution < 1.29 is 8.42 Å². The topological polar surface area (TPSA) is 64.0 Å². The van der Waals surface area contributed by atoms with Crippen LogP contribution in [0.5, 0.6) is 0 Å². The zero-order valence-electron chi connectivity index (χ0n) is 12.5. The van der Waals surface area contributed by atoms with Gasteiger partial charge in [-0.05, 0) is 42.8 Å². The van der Waals surface area contributed by atoms with Crippen LogP contribution in [0.15, 0.2) is 57.9 Å². The summed E-state index contributed by atoms with van der Waals surface area (Å²) in [5, 5.41) is 0. The highest BCUT2D eigenvalue weighted by atomic mass is 79.9. The van der Waals surface area contributed by atoms with Crippen molar-refractivity contribution in [3.63, 3.8) is 0 Å². The minimum atomic E-state index is -3.67. The van der Waals surface area contributed by atoms with Gasteiger partial charge in [0.25, 0.3) is 10.0 Å². The second kappa shape index (κ2) is 6.33. The molecule has 3 rings (SSSR count). The molecule has 1 N–H and O–H groups in total. The zero-order valence-corrected chi connectivity index (χ0v) is 14.9. The number of halogens is 1. The molecule has 0 saturated heterocycles. The largest absolute Gasteiger partial charge is 0.309 e. The summed E-state index contributed by atoms with van der Waals surface area (Å²) in [6, 6.07) is 14.1. The molecule has 0 amide bonds. The molecule has 7 heteroatoms. The Labute approximate surface area is 143 Å². The first-order chi connectivity index (χ1) is 11.0. The lowest BCUT2D eigenvalue weighted by Crippen LogP contribution is -2.16. The van der Waals surface area contributed by atoms with Crippen molar-refractivity contribution in [1.82, 2.24) is 9.55 Å². The highest BCUT2D eigenvalue weighted by Crippen LogP contribution is 2.23. The van der Waals surface area contributed by atoms with Gasteiger partial charge in [0.05, 0.1) is 15.9 Å². The van der Waals surface area contributed by atoms with Gasteiger partial charge in [-0.15, -0.1) is 0 Å². The Morgan fingerprint density at radius 2 is 1.83 bits per heavy atom. The van der Waals surface area contributed by atoms with Crippen molar-refractivity contribution in [3.05, 3.63) is 53.0 Å². The van der Waals surface area contributed by atoms with Crippen LogP contribution in [-0.4, -0.2) is 18.0 Å². The SMILES string of the molecule is CCCn1c(NS(=O)(=O)c2ccc(Br)cc2)nc2ccccc21. The Morgan fingerprint density at radius 3 is 2.52 bits per heavy atom. The number of imidazole rings is 1. The van der Waals surface area contributed by atoms with Crippen molar-refractivity contribution in [2.45, 2.75) is 24.8 Å². The van der Waals surface area contributed by atoms with Crippen molar-refractivity contribution in [1.29, 1.82) is 0 Å². The van der Waals surface area contributed by atoms with Crippen LogP contribution in [0.4, 0.5) is 5.95 Å². The standard InChI is InChI=1S/C16H16BrN3O2S/c1-2-11-20-15-6-4-3-5-14(15)18-16(20)19-23(21,22)13-9-7-12(17)8-10-13/h3-10H,2,11H2,1H3,(H,18,19). The Morgan fingerprint density at radius 1 is 1.13 bits per heavy atom. The van der Waals surface area contributed by atoms with Gasteiger partial charge in [-0.2, -0.15) is 0 Å². The number of anilines is 1. The molecule has 0 aliphatic rings. The summed E-state index contributed by atoms with van der Waals surface area (Å²) < 4.78 is 30.5. The molecule has 120 valence electrons. The number of benzene rings is 2. The van der Waals surface area contributed by atoms with Crippen molar-refractivity contribution in [2.24, 2.45) is 0 Å². The van der Waals surface area contributed by atoms with Gasteiger partial charge in [-0.3, -0.25) is 0 Å². The third-order valence-corrected chi connectivity index (χ3v) is 5.32. The van der Waals surface area contributed by atoms with E-state index in [2.05, 4.69) is 25.6 Å². The molecule has 0 fully saturated rings. The number of rotatable bonds is 5. The molecular formula is C16H16BrN3O2S. The van der Waals surface area contributed by atoms with Gasteiger partial charge in [0.15, 0.2) is 0 Å². The molecule has 1 heterocycles. The Hall–Kier alpha value is -1.86. The molecule has 0 unspecified atom stereocenters. The summed E-state index contributed by atoms with van der Waals surface area (Å²) in [6.45, 7) is 2.74. The number of nitrogens with one attached hydrogen (secondary N) is 1. The molecule has 1 aromatic heterocycles. The minimum absolute atomic E-state index is 0.204. The molecule has 0 aliphatic heterocycles. The van der Waals surface area contributed by atoms with Crippen LogP contribution in [0.1, 0.15) is 13.3 Å². The van der Waals surface area contributed by atoms with Crippen LogP contribution in [0, 0.1) is 0 Å². The summed E-state index contributed by atoms with van der Waals surface area (Å²) in [5.41, 5.74) is 1.69. The average molecular weight is 394 g/mol. The smallest absolute Gasteiger partial charge is 0.264 e. The van der Waals surface area contributed by atoms with Crippen LogP contribution in [0.2, 0.25) is 0 Å². The zero-order chi connectivity index (χ0) is 16.4. The molecule has 3 aromatic rings. The number of sulfonamides is 1. The minimum Gasteiger partial charge on any atom is -0.309 e. The summed E-state index contributed by atoms with van der Waals surface area (Å²) >= 11 is 3.30. The van der Waals surface area contributed by atoms with Crippen LogP contribution < -0.4 is 4.72 Å². The third kappa shape index (κ3) is 3.25. The van der Waals surface area contributed by atoms with Gasteiger partial charge in [0.1, 0.15) is 0 Å². The average Bonchev–Trinajstić information content (AvgIpc) is 2.85. The molecule has 0 radical (unpaired) electrons. The Kier molecular flexibility index (Phi) is 4.41. The van der Waals surface area contributed by atoms with E-state index < -0.39 is 10.0 Å². The van der Waals surface area contributed by atoms with E-state index in [1.54, 1.807) is 24.3 Å². The van der Waals surface area contributed by atoms with Gasteiger partial charge in [0.2, 0.25) is 5.95 Å². The van der Waals surface area contributed by atoms with E-state index in [1.165, 1.54) is 0 Å². The fourth-order valence-electron chi connectivity index (χ4n) is 2.40. The van der Waals surface area contributed by atoms with Crippen LogP contribution >= 0.6 is 15.9 Å². The van der Waals surface area contributed by atoms with Crippen molar-refractivity contribution in [2.75, 3.05) is 4.72 Å². The van der Waals surface area contributed by atoms with Gasteiger partial charge in [-0.25, -0.2) is 18.1 Å². The highest BCUT2D eigenvalue weighted by molar-refractivity contribution is 9.10. The maximum atomic E-state index is 12.6. The second-order valence-electron chi connectivity index (χ2n) is 5.14. The van der Waals surface area contributed by atoms with E-state index in [4.69, 9.17) is 0 Å². The molecule has 0 bridgehead atoms. The van der Waals surface area contributed by atoms with E-state index >= 15 is 0 Å². The molecular weight excluding hydrogens is 378 g/mol. The van der Waals surface area contributed by atoms with Crippen molar-refractivity contribution in [3.8, 4) is 0 Å². The molecule has 0 aliphatic carbocycles. The predicted octanol–water partition coefficient (Wildman–Crippen LogP) is 4.01. The fourth-order valence-corrected chi connectivity index (χ4v) is 3.67. The van der Waals surface area contributed by atoms with E-state index in [0.29, 0.717) is 12.5 Å².